The Morgan fingerprint density at radius 2 is 1.20 bits per heavy atom. The molecule has 0 spiro atoms. The molecule has 3 rings (SSSR count). The van der Waals surface area contributed by atoms with E-state index in [1.165, 1.54) is 31.2 Å². The molecule has 3 atom stereocenters. The lowest BCUT2D eigenvalue weighted by atomic mass is 10.1. The zero-order chi connectivity index (χ0) is 29.2. The normalized spacial score (nSPS) is 12.8. The van der Waals surface area contributed by atoms with Crippen molar-refractivity contribution < 1.29 is 43.3 Å². The molecule has 10 heteroatoms. The Morgan fingerprint density at radius 1 is 0.725 bits per heavy atom. The van der Waals surface area contributed by atoms with Gasteiger partial charge in [0.2, 0.25) is 12.2 Å². The summed E-state index contributed by atoms with van der Waals surface area (Å²) in [5.74, 6) is -5.81. The van der Waals surface area contributed by atoms with Crippen LogP contribution in [0.5, 0.6) is 0 Å². The molecule has 0 saturated heterocycles. The van der Waals surface area contributed by atoms with Crippen LogP contribution in [0.3, 0.4) is 0 Å². The standard InChI is InChI=1S/C30H29NO9/c1-18-9-13-22(14-10-18)29(36)39-24(25(27(33)34)40-30(37)23-15-11-19(2)12-16-23)26(32)31-20(3)28(35)38-17-21-7-5-4-6-8-21/h4-16,20,24-25H,17H2,1-3H3,(H,31,32)(H,33,34)/t20-,24+,25+/m0/s1. The summed E-state index contributed by atoms with van der Waals surface area (Å²) in [5.41, 5.74) is 2.48. The van der Waals surface area contributed by atoms with Gasteiger partial charge in [0.15, 0.2) is 0 Å². The second-order valence-corrected chi connectivity index (χ2v) is 9.05. The molecule has 0 unspecified atom stereocenters. The van der Waals surface area contributed by atoms with E-state index in [4.69, 9.17) is 14.2 Å². The summed E-state index contributed by atoms with van der Waals surface area (Å²) in [4.78, 5) is 63.4. The summed E-state index contributed by atoms with van der Waals surface area (Å²) >= 11 is 0. The van der Waals surface area contributed by atoms with Crippen LogP contribution < -0.4 is 5.32 Å². The van der Waals surface area contributed by atoms with Gasteiger partial charge in [-0.15, -0.1) is 0 Å². The predicted octanol–water partition coefficient (Wildman–Crippen LogP) is 3.39. The molecule has 0 heterocycles. The number of carboxylic acid groups (broad SMARTS) is 1. The molecule has 0 aromatic heterocycles. The molecule has 0 saturated carbocycles. The van der Waals surface area contributed by atoms with Crippen LogP contribution in [0.2, 0.25) is 0 Å². The largest absolute Gasteiger partial charge is 0.478 e. The third kappa shape index (κ3) is 8.26. The van der Waals surface area contributed by atoms with E-state index in [0.29, 0.717) is 5.56 Å². The molecule has 0 aliphatic heterocycles. The molecule has 0 aliphatic carbocycles. The van der Waals surface area contributed by atoms with E-state index in [1.807, 2.05) is 0 Å². The van der Waals surface area contributed by atoms with Gasteiger partial charge in [-0.3, -0.25) is 4.79 Å². The highest BCUT2D eigenvalue weighted by Crippen LogP contribution is 2.15. The fourth-order valence-electron chi connectivity index (χ4n) is 3.45. The van der Waals surface area contributed by atoms with Gasteiger partial charge in [-0.25, -0.2) is 19.2 Å². The zero-order valence-corrected chi connectivity index (χ0v) is 22.2. The SMILES string of the molecule is Cc1ccc(C(=O)O[C@@H](C(=O)O)[C@@H](OC(=O)c2ccc(C)cc2)C(=O)N[C@@H](C)C(=O)OCc2ccccc2)cc1. The number of benzene rings is 3. The van der Waals surface area contributed by atoms with Crippen molar-refractivity contribution in [3.63, 3.8) is 0 Å². The number of aryl methyl sites for hydroxylation is 2. The minimum Gasteiger partial charge on any atom is -0.478 e. The first kappa shape index (κ1) is 29.6. The zero-order valence-electron chi connectivity index (χ0n) is 22.2. The van der Waals surface area contributed by atoms with Gasteiger partial charge in [-0.2, -0.15) is 0 Å². The average molecular weight is 548 g/mol. The van der Waals surface area contributed by atoms with Crippen molar-refractivity contribution in [3.8, 4) is 0 Å². The highest BCUT2D eigenvalue weighted by atomic mass is 16.6. The number of rotatable bonds is 11. The first-order chi connectivity index (χ1) is 19.0. The Hall–Kier alpha value is -4.99. The van der Waals surface area contributed by atoms with Gasteiger partial charge in [-0.1, -0.05) is 65.7 Å². The number of hydrogen-bond donors (Lipinski definition) is 2. The summed E-state index contributed by atoms with van der Waals surface area (Å²) in [6, 6.07) is 19.8. The van der Waals surface area contributed by atoms with E-state index >= 15 is 0 Å². The average Bonchev–Trinajstić information content (AvgIpc) is 2.94. The molecule has 0 bridgehead atoms. The van der Waals surface area contributed by atoms with E-state index in [1.54, 1.807) is 68.4 Å². The van der Waals surface area contributed by atoms with Crippen molar-refractivity contribution in [1.29, 1.82) is 0 Å². The second-order valence-electron chi connectivity index (χ2n) is 9.05. The van der Waals surface area contributed by atoms with Crippen molar-refractivity contribution >= 4 is 29.8 Å². The number of carbonyl (C=O) groups excluding carboxylic acids is 4. The van der Waals surface area contributed by atoms with Crippen molar-refractivity contribution in [2.45, 2.75) is 45.6 Å². The topological polar surface area (TPSA) is 145 Å². The summed E-state index contributed by atoms with van der Waals surface area (Å²) < 4.78 is 15.6. The molecule has 0 fully saturated rings. The van der Waals surface area contributed by atoms with E-state index < -0.39 is 48.0 Å². The van der Waals surface area contributed by atoms with Gasteiger partial charge in [0.25, 0.3) is 5.91 Å². The van der Waals surface area contributed by atoms with Crippen LogP contribution in [-0.4, -0.2) is 53.1 Å². The van der Waals surface area contributed by atoms with Gasteiger partial charge in [0.05, 0.1) is 11.1 Å². The third-order valence-corrected chi connectivity index (χ3v) is 5.76. The van der Waals surface area contributed by atoms with E-state index in [9.17, 15) is 29.1 Å². The number of hydrogen-bond acceptors (Lipinski definition) is 8. The number of ether oxygens (including phenoxy) is 3. The van der Waals surface area contributed by atoms with Gasteiger partial charge < -0.3 is 24.6 Å². The lowest BCUT2D eigenvalue weighted by Gasteiger charge is -2.24. The summed E-state index contributed by atoms with van der Waals surface area (Å²) in [5, 5.41) is 12.2. The molecule has 10 nitrogen and oxygen atoms in total. The summed E-state index contributed by atoms with van der Waals surface area (Å²) in [6.45, 7) is 4.86. The molecule has 2 N–H and O–H groups in total. The van der Waals surface area contributed by atoms with Crippen LogP contribution in [0, 0.1) is 13.8 Å². The van der Waals surface area contributed by atoms with Crippen molar-refractivity contribution in [2.24, 2.45) is 0 Å². The molecule has 1 amide bonds. The van der Waals surface area contributed by atoms with E-state index in [0.717, 1.165) is 11.1 Å². The fraction of sp³-hybridized carbons (Fsp3) is 0.233. The first-order valence-corrected chi connectivity index (χ1v) is 12.3. The van der Waals surface area contributed by atoms with Crippen LogP contribution in [0.4, 0.5) is 0 Å². The highest BCUT2D eigenvalue weighted by molar-refractivity contribution is 5.97. The van der Waals surface area contributed by atoms with Crippen molar-refractivity contribution in [3.05, 3.63) is 107 Å². The maximum atomic E-state index is 13.2. The van der Waals surface area contributed by atoms with Gasteiger partial charge in [0.1, 0.15) is 12.6 Å². The van der Waals surface area contributed by atoms with Crippen LogP contribution in [0.25, 0.3) is 0 Å². The number of carbonyl (C=O) groups is 5. The molecular weight excluding hydrogens is 518 g/mol. The Kier molecular flexibility index (Phi) is 10.1. The van der Waals surface area contributed by atoms with Crippen LogP contribution in [0.15, 0.2) is 78.9 Å². The first-order valence-electron chi connectivity index (χ1n) is 12.3. The van der Waals surface area contributed by atoms with Gasteiger partial charge in [-0.05, 0) is 50.6 Å². The molecule has 40 heavy (non-hydrogen) atoms. The van der Waals surface area contributed by atoms with Crippen LogP contribution in [0.1, 0.15) is 44.3 Å². The van der Waals surface area contributed by atoms with Crippen LogP contribution in [-0.2, 0) is 35.2 Å². The highest BCUT2D eigenvalue weighted by Gasteiger charge is 2.41. The van der Waals surface area contributed by atoms with Crippen LogP contribution >= 0.6 is 0 Å². The Bertz CT molecular complexity index is 1350. The fourth-order valence-corrected chi connectivity index (χ4v) is 3.45. The Morgan fingerprint density at radius 3 is 1.68 bits per heavy atom. The predicted molar refractivity (Wildman–Crippen MR) is 142 cm³/mol. The number of aliphatic carboxylic acids is 1. The van der Waals surface area contributed by atoms with Gasteiger partial charge in [0, 0.05) is 0 Å². The van der Waals surface area contributed by atoms with Crippen molar-refractivity contribution in [2.75, 3.05) is 0 Å². The van der Waals surface area contributed by atoms with E-state index in [-0.39, 0.29) is 17.7 Å². The molecule has 3 aromatic rings. The number of carboxylic acids is 1. The number of amides is 1. The Labute approximate surface area is 230 Å². The smallest absolute Gasteiger partial charge is 0.349 e. The Balaban J connectivity index is 1.80. The van der Waals surface area contributed by atoms with Crippen molar-refractivity contribution in [1.82, 2.24) is 5.32 Å². The lowest BCUT2D eigenvalue weighted by molar-refractivity contribution is -0.160. The number of nitrogens with one attached hydrogen (secondary N) is 1. The third-order valence-electron chi connectivity index (χ3n) is 5.76. The maximum Gasteiger partial charge on any atom is 0.349 e. The minimum absolute atomic E-state index is 0.0266. The quantitative estimate of drug-likeness (QED) is 0.272. The lowest BCUT2D eigenvalue weighted by Crippen LogP contribution is -2.53. The van der Waals surface area contributed by atoms with Gasteiger partial charge >= 0.3 is 23.9 Å². The minimum atomic E-state index is -2.23. The summed E-state index contributed by atoms with van der Waals surface area (Å²) in [7, 11) is 0. The molecular formula is C30H29NO9. The second kappa shape index (κ2) is 13.7. The molecule has 208 valence electrons. The van der Waals surface area contributed by atoms with E-state index in [2.05, 4.69) is 5.32 Å². The monoisotopic (exact) mass is 547 g/mol. The molecule has 0 aliphatic rings. The summed E-state index contributed by atoms with van der Waals surface area (Å²) in [6.07, 6.45) is -4.36. The number of esters is 3. The maximum absolute atomic E-state index is 13.2. The molecule has 0 radical (unpaired) electrons. The molecule has 3 aromatic carbocycles.